The summed E-state index contributed by atoms with van der Waals surface area (Å²) in [5, 5.41) is 6.33. The smallest absolute Gasteiger partial charge is 0.258 e. The molecular weight excluding hydrogens is 294 g/mol. The van der Waals surface area contributed by atoms with Crippen molar-refractivity contribution in [1.29, 1.82) is 0 Å². The SMILES string of the molecule is CCc1nc2ccccc2c(C(=O)Nc2nc(C)cs2)c1C. The Morgan fingerprint density at radius 2 is 2.00 bits per heavy atom. The topological polar surface area (TPSA) is 54.9 Å². The number of amides is 1. The van der Waals surface area contributed by atoms with Gasteiger partial charge in [-0.1, -0.05) is 25.1 Å². The first-order valence-electron chi connectivity index (χ1n) is 7.22. The van der Waals surface area contributed by atoms with Crippen LogP contribution in [0.25, 0.3) is 10.9 Å². The molecule has 4 nitrogen and oxygen atoms in total. The van der Waals surface area contributed by atoms with Gasteiger partial charge < -0.3 is 0 Å². The Morgan fingerprint density at radius 3 is 2.68 bits per heavy atom. The highest BCUT2D eigenvalue weighted by Gasteiger charge is 2.18. The van der Waals surface area contributed by atoms with Crippen molar-refractivity contribution in [3.63, 3.8) is 0 Å². The minimum atomic E-state index is -0.125. The fraction of sp³-hybridized carbons (Fsp3) is 0.235. The molecular formula is C17H17N3OS. The largest absolute Gasteiger partial charge is 0.298 e. The minimum absolute atomic E-state index is 0.125. The van der Waals surface area contributed by atoms with E-state index in [-0.39, 0.29) is 5.91 Å². The molecule has 3 aromatic rings. The summed E-state index contributed by atoms with van der Waals surface area (Å²) in [4.78, 5) is 21.7. The van der Waals surface area contributed by atoms with Crippen LogP contribution in [0.5, 0.6) is 0 Å². The Morgan fingerprint density at radius 1 is 1.23 bits per heavy atom. The molecule has 0 aliphatic rings. The van der Waals surface area contributed by atoms with Gasteiger partial charge in [-0.3, -0.25) is 15.1 Å². The number of aromatic nitrogens is 2. The first-order valence-corrected chi connectivity index (χ1v) is 8.09. The molecule has 0 saturated heterocycles. The van der Waals surface area contributed by atoms with E-state index in [4.69, 9.17) is 0 Å². The number of carbonyl (C=O) groups is 1. The van der Waals surface area contributed by atoms with Crippen molar-refractivity contribution in [2.75, 3.05) is 5.32 Å². The summed E-state index contributed by atoms with van der Waals surface area (Å²) in [6, 6.07) is 7.75. The molecule has 1 amide bonds. The molecule has 0 radical (unpaired) electrons. The summed E-state index contributed by atoms with van der Waals surface area (Å²) in [5.74, 6) is -0.125. The zero-order valence-electron chi connectivity index (χ0n) is 12.8. The van der Waals surface area contributed by atoms with Crippen LogP contribution in [0, 0.1) is 13.8 Å². The van der Waals surface area contributed by atoms with Crippen molar-refractivity contribution in [3.05, 3.63) is 52.2 Å². The predicted molar refractivity (Wildman–Crippen MR) is 90.7 cm³/mol. The van der Waals surface area contributed by atoms with E-state index in [1.54, 1.807) is 0 Å². The number of nitrogens with one attached hydrogen (secondary N) is 1. The molecule has 0 unspecified atom stereocenters. The fourth-order valence-corrected chi connectivity index (χ4v) is 3.25. The monoisotopic (exact) mass is 311 g/mol. The lowest BCUT2D eigenvalue weighted by molar-refractivity contribution is 0.102. The van der Waals surface area contributed by atoms with Crippen LogP contribution >= 0.6 is 11.3 Å². The Bertz CT molecular complexity index is 854. The molecule has 2 aromatic heterocycles. The maximum Gasteiger partial charge on any atom is 0.258 e. The average Bonchev–Trinajstić information content (AvgIpc) is 2.91. The highest BCUT2D eigenvalue weighted by atomic mass is 32.1. The molecule has 1 aromatic carbocycles. The quantitative estimate of drug-likeness (QED) is 0.791. The number of rotatable bonds is 3. The highest BCUT2D eigenvalue weighted by molar-refractivity contribution is 7.13. The number of nitrogens with zero attached hydrogens (tertiary/aromatic N) is 2. The van der Waals surface area contributed by atoms with Crippen LogP contribution in [0.3, 0.4) is 0 Å². The first-order chi connectivity index (χ1) is 10.6. The number of aryl methyl sites for hydroxylation is 2. The van der Waals surface area contributed by atoms with Crippen LogP contribution < -0.4 is 5.32 Å². The molecule has 3 rings (SSSR count). The van der Waals surface area contributed by atoms with Gasteiger partial charge in [0.15, 0.2) is 5.13 Å². The molecule has 0 aliphatic heterocycles. The Kier molecular flexibility index (Phi) is 3.90. The van der Waals surface area contributed by atoms with Gasteiger partial charge in [0.25, 0.3) is 5.91 Å². The van der Waals surface area contributed by atoms with E-state index in [0.717, 1.165) is 34.3 Å². The molecule has 0 aliphatic carbocycles. The zero-order valence-corrected chi connectivity index (χ0v) is 13.6. The molecule has 0 bridgehead atoms. The minimum Gasteiger partial charge on any atom is -0.298 e. The van der Waals surface area contributed by atoms with Crippen LogP contribution in [0.2, 0.25) is 0 Å². The lowest BCUT2D eigenvalue weighted by Gasteiger charge is -2.13. The Balaban J connectivity index is 2.11. The molecule has 0 atom stereocenters. The third-order valence-corrected chi connectivity index (χ3v) is 4.51. The molecule has 0 saturated carbocycles. The maximum atomic E-state index is 12.8. The summed E-state index contributed by atoms with van der Waals surface area (Å²) < 4.78 is 0. The molecule has 0 fully saturated rings. The summed E-state index contributed by atoms with van der Waals surface area (Å²) in [5.41, 5.74) is 4.35. The number of hydrogen-bond acceptors (Lipinski definition) is 4. The van der Waals surface area contributed by atoms with Crippen molar-refractivity contribution < 1.29 is 4.79 Å². The third kappa shape index (κ3) is 2.60. The average molecular weight is 311 g/mol. The molecule has 1 N–H and O–H groups in total. The van der Waals surface area contributed by atoms with E-state index in [1.165, 1.54) is 11.3 Å². The van der Waals surface area contributed by atoms with Crippen LogP contribution in [0.4, 0.5) is 5.13 Å². The number of pyridine rings is 1. The second-order valence-corrected chi connectivity index (χ2v) is 6.04. The summed E-state index contributed by atoms with van der Waals surface area (Å²) in [6.45, 7) is 5.92. The third-order valence-electron chi connectivity index (χ3n) is 3.64. The van der Waals surface area contributed by atoms with Gasteiger partial charge in [-0.05, 0) is 31.9 Å². The van der Waals surface area contributed by atoms with Gasteiger partial charge >= 0.3 is 0 Å². The maximum absolute atomic E-state index is 12.8. The van der Waals surface area contributed by atoms with E-state index in [0.29, 0.717) is 10.7 Å². The van der Waals surface area contributed by atoms with Crippen LogP contribution in [0.1, 0.15) is 34.2 Å². The fourth-order valence-electron chi connectivity index (χ4n) is 2.57. The van der Waals surface area contributed by atoms with Gasteiger partial charge in [0.2, 0.25) is 0 Å². The van der Waals surface area contributed by atoms with Crippen molar-refractivity contribution in [2.45, 2.75) is 27.2 Å². The number of hydrogen-bond donors (Lipinski definition) is 1. The van der Waals surface area contributed by atoms with Gasteiger partial charge in [-0.15, -0.1) is 11.3 Å². The van der Waals surface area contributed by atoms with Gasteiger partial charge in [0.05, 0.1) is 16.8 Å². The number of anilines is 1. The van der Waals surface area contributed by atoms with Gasteiger partial charge in [-0.2, -0.15) is 0 Å². The van der Waals surface area contributed by atoms with Crippen molar-refractivity contribution in [3.8, 4) is 0 Å². The van der Waals surface area contributed by atoms with Crippen molar-refractivity contribution >= 4 is 33.3 Å². The number of carbonyl (C=O) groups excluding carboxylic acids is 1. The van der Waals surface area contributed by atoms with Gasteiger partial charge in [0, 0.05) is 16.5 Å². The van der Waals surface area contributed by atoms with E-state index in [9.17, 15) is 4.79 Å². The number of thiazole rings is 1. The Labute approximate surface area is 133 Å². The van der Waals surface area contributed by atoms with Crippen LogP contribution in [-0.4, -0.2) is 15.9 Å². The van der Waals surface area contributed by atoms with Crippen molar-refractivity contribution in [1.82, 2.24) is 9.97 Å². The molecule has 22 heavy (non-hydrogen) atoms. The van der Waals surface area contributed by atoms with E-state index in [2.05, 4.69) is 22.2 Å². The second-order valence-electron chi connectivity index (χ2n) is 5.18. The van der Waals surface area contributed by atoms with E-state index in [1.807, 2.05) is 43.5 Å². The first kappa shape index (κ1) is 14.7. The van der Waals surface area contributed by atoms with Crippen LogP contribution in [0.15, 0.2) is 29.6 Å². The molecule has 2 heterocycles. The van der Waals surface area contributed by atoms with Gasteiger partial charge in [0.1, 0.15) is 0 Å². The number of benzene rings is 1. The summed E-state index contributed by atoms with van der Waals surface area (Å²) in [6.07, 6.45) is 0.799. The standard InChI is InChI=1S/C17H17N3OS/c1-4-13-11(3)15(12-7-5-6-8-14(12)19-13)16(21)20-17-18-10(2)9-22-17/h5-9H,4H2,1-3H3,(H,18,20,21). The number of para-hydroxylation sites is 1. The number of fused-ring (bicyclic) bond motifs is 1. The lowest BCUT2D eigenvalue weighted by Crippen LogP contribution is -2.15. The van der Waals surface area contributed by atoms with E-state index < -0.39 is 0 Å². The summed E-state index contributed by atoms with van der Waals surface area (Å²) >= 11 is 1.44. The molecule has 5 heteroatoms. The Hall–Kier alpha value is -2.27. The zero-order chi connectivity index (χ0) is 15.7. The van der Waals surface area contributed by atoms with Gasteiger partial charge in [-0.25, -0.2) is 4.98 Å². The van der Waals surface area contributed by atoms with E-state index >= 15 is 0 Å². The second kappa shape index (κ2) is 5.85. The highest BCUT2D eigenvalue weighted by Crippen LogP contribution is 2.25. The van der Waals surface area contributed by atoms with Crippen molar-refractivity contribution in [2.24, 2.45) is 0 Å². The lowest BCUT2D eigenvalue weighted by atomic mass is 9.99. The molecule has 0 spiro atoms. The normalized spacial score (nSPS) is 10.9. The molecule has 112 valence electrons. The summed E-state index contributed by atoms with van der Waals surface area (Å²) in [7, 11) is 0. The van der Waals surface area contributed by atoms with Crippen LogP contribution in [-0.2, 0) is 6.42 Å². The predicted octanol–water partition coefficient (Wildman–Crippen LogP) is 4.12.